The first-order chi connectivity index (χ1) is 7.29. The highest BCUT2D eigenvalue weighted by Crippen LogP contribution is 2.12. The smallest absolute Gasteiger partial charge is 0.0856 e. The molecule has 0 saturated carbocycles. The summed E-state index contributed by atoms with van der Waals surface area (Å²) in [5, 5.41) is 5.06. The van der Waals surface area contributed by atoms with Gasteiger partial charge in [-0.1, -0.05) is 11.6 Å². The van der Waals surface area contributed by atoms with Gasteiger partial charge in [-0.25, -0.2) is 0 Å². The summed E-state index contributed by atoms with van der Waals surface area (Å²) in [4.78, 5) is 0. The lowest BCUT2D eigenvalue weighted by atomic mass is 10.3. The monoisotopic (exact) mass is 219 g/mol. The Kier molecular flexibility index (Phi) is 2.74. The van der Waals surface area contributed by atoms with Crippen LogP contribution in [0.3, 0.4) is 0 Å². The van der Waals surface area contributed by atoms with Crippen molar-refractivity contribution in [2.75, 3.05) is 0 Å². The van der Waals surface area contributed by atoms with Crippen molar-refractivity contribution >= 4 is 11.6 Å². The molecular formula is C11H10ClN3. The minimum absolute atomic E-state index is 0.730. The van der Waals surface area contributed by atoms with Crippen LogP contribution in [0.4, 0.5) is 0 Å². The molecule has 3 nitrogen and oxygen atoms in total. The summed E-state index contributed by atoms with van der Waals surface area (Å²) in [6.07, 6.45) is 3.80. The molecule has 1 aromatic heterocycles. The van der Waals surface area contributed by atoms with Crippen LogP contribution in [-0.4, -0.2) is 4.57 Å². The molecule has 0 spiro atoms. The molecule has 76 valence electrons. The minimum Gasteiger partial charge on any atom is -0.324 e. The summed E-state index contributed by atoms with van der Waals surface area (Å²) >= 11 is 5.81. The van der Waals surface area contributed by atoms with Gasteiger partial charge in [0.25, 0.3) is 0 Å². The lowest BCUT2D eigenvalue weighted by molar-refractivity contribution is 1.02. The van der Waals surface area contributed by atoms with Crippen molar-refractivity contribution in [1.29, 1.82) is 0 Å². The van der Waals surface area contributed by atoms with Gasteiger partial charge < -0.3 is 10.4 Å². The molecule has 0 radical (unpaired) electrons. The van der Waals surface area contributed by atoms with E-state index in [0.29, 0.717) is 0 Å². The first kappa shape index (κ1) is 9.80. The number of nitrogens with two attached hydrogens (primary N) is 1. The summed E-state index contributed by atoms with van der Waals surface area (Å²) in [5.74, 6) is 5.16. The lowest BCUT2D eigenvalue weighted by Gasteiger charge is -2.05. The highest BCUT2D eigenvalue weighted by molar-refractivity contribution is 6.30. The molecule has 2 rings (SSSR count). The van der Waals surface area contributed by atoms with E-state index in [9.17, 15) is 0 Å². The zero-order chi connectivity index (χ0) is 10.7. The number of rotatable bonds is 1. The van der Waals surface area contributed by atoms with E-state index in [1.807, 2.05) is 53.4 Å². The van der Waals surface area contributed by atoms with E-state index in [4.69, 9.17) is 17.4 Å². The first-order valence-corrected chi connectivity index (χ1v) is 4.85. The van der Waals surface area contributed by atoms with Crippen LogP contribution < -0.4 is 11.2 Å². The van der Waals surface area contributed by atoms with Crippen LogP contribution in [0.25, 0.3) is 5.69 Å². The van der Waals surface area contributed by atoms with Gasteiger partial charge in [0.05, 0.1) is 5.36 Å². The molecule has 0 unspecified atom stereocenters. The van der Waals surface area contributed by atoms with Crippen molar-refractivity contribution in [3.8, 4) is 5.69 Å². The number of hydrogen-bond acceptors (Lipinski definition) is 2. The number of aromatic nitrogens is 1. The van der Waals surface area contributed by atoms with Crippen LogP contribution in [0, 0.1) is 0 Å². The standard InChI is InChI=1S/C11H10ClN3/c12-9-1-3-11(4-2-9)15-7-5-10(14-13)6-8-15/h1-8H,13H2. The van der Waals surface area contributed by atoms with Crippen LogP contribution in [0.1, 0.15) is 0 Å². The third-order valence-corrected chi connectivity index (χ3v) is 2.34. The fourth-order valence-electron chi connectivity index (χ4n) is 1.29. The first-order valence-electron chi connectivity index (χ1n) is 4.48. The Hall–Kier alpha value is -1.74. The molecule has 0 aliphatic carbocycles. The minimum atomic E-state index is 0.730. The van der Waals surface area contributed by atoms with Gasteiger partial charge in [-0.3, -0.25) is 0 Å². The van der Waals surface area contributed by atoms with Crippen LogP contribution >= 0.6 is 11.6 Å². The van der Waals surface area contributed by atoms with Crippen molar-refractivity contribution < 1.29 is 0 Å². The van der Waals surface area contributed by atoms with Crippen molar-refractivity contribution in [3.05, 3.63) is 59.2 Å². The molecule has 1 heterocycles. The van der Waals surface area contributed by atoms with E-state index in [2.05, 4.69) is 5.10 Å². The predicted octanol–water partition coefficient (Wildman–Crippen LogP) is 1.91. The van der Waals surface area contributed by atoms with Gasteiger partial charge in [-0.15, -0.1) is 0 Å². The van der Waals surface area contributed by atoms with Crippen molar-refractivity contribution in [3.63, 3.8) is 0 Å². The van der Waals surface area contributed by atoms with E-state index >= 15 is 0 Å². The van der Waals surface area contributed by atoms with Gasteiger partial charge in [-0.05, 0) is 36.4 Å². The molecule has 0 aliphatic heterocycles. The Morgan fingerprint density at radius 3 is 2.13 bits per heavy atom. The molecule has 0 amide bonds. The topological polar surface area (TPSA) is 43.3 Å². The van der Waals surface area contributed by atoms with E-state index in [1.165, 1.54) is 0 Å². The predicted molar refractivity (Wildman–Crippen MR) is 60.5 cm³/mol. The Bertz CT molecular complexity index is 494. The third-order valence-electron chi connectivity index (χ3n) is 2.09. The van der Waals surface area contributed by atoms with Crippen LogP contribution in [0.15, 0.2) is 53.9 Å². The largest absolute Gasteiger partial charge is 0.324 e. The van der Waals surface area contributed by atoms with Gasteiger partial charge in [0.2, 0.25) is 0 Å². The van der Waals surface area contributed by atoms with Gasteiger partial charge >= 0.3 is 0 Å². The summed E-state index contributed by atoms with van der Waals surface area (Å²) in [7, 11) is 0. The van der Waals surface area contributed by atoms with E-state index < -0.39 is 0 Å². The maximum Gasteiger partial charge on any atom is 0.0856 e. The Morgan fingerprint density at radius 1 is 1.00 bits per heavy atom. The summed E-state index contributed by atoms with van der Waals surface area (Å²) in [6, 6.07) is 11.3. The van der Waals surface area contributed by atoms with Crippen molar-refractivity contribution in [1.82, 2.24) is 4.57 Å². The second-order valence-corrected chi connectivity index (χ2v) is 3.51. The average Bonchev–Trinajstić information content (AvgIpc) is 2.30. The molecular weight excluding hydrogens is 210 g/mol. The second-order valence-electron chi connectivity index (χ2n) is 3.07. The van der Waals surface area contributed by atoms with E-state index in [-0.39, 0.29) is 0 Å². The second kappa shape index (κ2) is 4.19. The van der Waals surface area contributed by atoms with Gasteiger partial charge in [0, 0.05) is 23.1 Å². The number of nitrogens with zero attached hydrogens (tertiary/aromatic N) is 2. The molecule has 2 aromatic rings. The zero-order valence-electron chi connectivity index (χ0n) is 7.97. The van der Waals surface area contributed by atoms with Crippen LogP contribution in [0.5, 0.6) is 0 Å². The fourth-order valence-corrected chi connectivity index (χ4v) is 1.42. The number of pyridine rings is 1. The normalized spacial score (nSPS) is 9.93. The third kappa shape index (κ3) is 2.19. The Balaban J connectivity index is 2.41. The fraction of sp³-hybridized carbons (Fsp3) is 0. The highest BCUT2D eigenvalue weighted by Gasteiger charge is 1.93. The van der Waals surface area contributed by atoms with Gasteiger partial charge in [-0.2, -0.15) is 5.10 Å². The molecule has 2 N–H and O–H groups in total. The maximum absolute atomic E-state index is 5.81. The van der Waals surface area contributed by atoms with E-state index in [0.717, 1.165) is 16.1 Å². The molecule has 0 fully saturated rings. The summed E-state index contributed by atoms with van der Waals surface area (Å²) in [5.41, 5.74) is 1.04. The van der Waals surface area contributed by atoms with Gasteiger partial charge in [0.15, 0.2) is 0 Å². The maximum atomic E-state index is 5.81. The SMILES string of the molecule is NN=c1ccn(-c2ccc(Cl)cc2)cc1. The number of halogens is 1. The van der Waals surface area contributed by atoms with Crippen molar-refractivity contribution in [2.45, 2.75) is 0 Å². The van der Waals surface area contributed by atoms with Gasteiger partial charge in [0.1, 0.15) is 0 Å². The molecule has 0 saturated heterocycles. The molecule has 0 aliphatic rings. The quantitative estimate of drug-likeness (QED) is 0.578. The summed E-state index contributed by atoms with van der Waals surface area (Å²) < 4.78 is 1.96. The molecule has 4 heteroatoms. The molecule has 1 aromatic carbocycles. The zero-order valence-corrected chi connectivity index (χ0v) is 8.72. The highest BCUT2D eigenvalue weighted by atomic mass is 35.5. The van der Waals surface area contributed by atoms with Crippen LogP contribution in [0.2, 0.25) is 5.02 Å². The van der Waals surface area contributed by atoms with E-state index in [1.54, 1.807) is 0 Å². The molecule has 0 atom stereocenters. The Morgan fingerprint density at radius 2 is 1.60 bits per heavy atom. The number of benzene rings is 1. The van der Waals surface area contributed by atoms with Crippen molar-refractivity contribution in [2.24, 2.45) is 10.9 Å². The summed E-state index contributed by atoms with van der Waals surface area (Å²) in [6.45, 7) is 0. The number of hydrogen-bond donors (Lipinski definition) is 1. The molecule has 15 heavy (non-hydrogen) atoms. The lowest BCUT2D eigenvalue weighted by Crippen LogP contribution is -2.06. The molecule has 0 bridgehead atoms. The Labute approximate surface area is 92.4 Å². The average molecular weight is 220 g/mol. The van der Waals surface area contributed by atoms with Crippen LogP contribution in [-0.2, 0) is 0 Å².